The smallest absolute Gasteiger partial charge is 0.251 e. The van der Waals surface area contributed by atoms with Crippen molar-refractivity contribution in [3.63, 3.8) is 0 Å². The summed E-state index contributed by atoms with van der Waals surface area (Å²) in [5.41, 5.74) is 6.96. The maximum absolute atomic E-state index is 11.8. The lowest BCUT2D eigenvalue weighted by atomic mass is 9.75. The number of carbonyl (C=O) groups excluding carboxylic acids is 2. The molecule has 0 radical (unpaired) electrons. The van der Waals surface area contributed by atoms with E-state index in [9.17, 15) is 9.59 Å². The molecule has 5 heteroatoms. The molecule has 2 rings (SSSR count). The molecule has 1 aliphatic carbocycles. The largest absolute Gasteiger partial charge is 0.355 e. The van der Waals surface area contributed by atoms with Crippen molar-refractivity contribution in [2.24, 2.45) is 5.73 Å². The molecule has 0 spiro atoms. The number of carbonyl (C=O) groups is 2. The maximum Gasteiger partial charge on any atom is 0.251 e. The van der Waals surface area contributed by atoms with Gasteiger partial charge in [0.25, 0.3) is 5.91 Å². The summed E-state index contributed by atoms with van der Waals surface area (Å²) >= 11 is 0. The molecule has 1 saturated carbocycles. The first-order valence-electron chi connectivity index (χ1n) is 6.43. The SMILES string of the molecule is CNC(=O)c1ccc(NC(=O)CC2(N)CCC2)cc1. The van der Waals surface area contributed by atoms with E-state index < -0.39 is 0 Å². The van der Waals surface area contributed by atoms with Gasteiger partial charge in [-0.1, -0.05) is 0 Å². The molecule has 0 unspecified atom stereocenters. The molecule has 0 heterocycles. The summed E-state index contributed by atoms with van der Waals surface area (Å²) in [6.45, 7) is 0. The summed E-state index contributed by atoms with van der Waals surface area (Å²) < 4.78 is 0. The van der Waals surface area contributed by atoms with Gasteiger partial charge in [0, 0.05) is 30.3 Å². The monoisotopic (exact) mass is 261 g/mol. The minimum atomic E-state index is -0.313. The molecular weight excluding hydrogens is 242 g/mol. The Morgan fingerprint density at radius 3 is 2.37 bits per heavy atom. The molecule has 2 amide bonds. The van der Waals surface area contributed by atoms with Crippen LogP contribution in [0, 0.1) is 0 Å². The Kier molecular flexibility index (Phi) is 3.85. The highest BCUT2D eigenvalue weighted by atomic mass is 16.2. The maximum atomic E-state index is 11.8. The van der Waals surface area contributed by atoms with Gasteiger partial charge in [0.2, 0.25) is 5.91 Å². The van der Waals surface area contributed by atoms with Gasteiger partial charge in [-0.25, -0.2) is 0 Å². The van der Waals surface area contributed by atoms with E-state index in [0.29, 0.717) is 17.7 Å². The van der Waals surface area contributed by atoms with Crippen LogP contribution in [0.5, 0.6) is 0 Å². The molecule has 19 heavy (non-hydrogen) atoms. The van der Waals surface area contributed by atoms with Gasteiger partial charge in [0.15, 0.2) is 0 Å². The summed E-state index contributed by atoms with van der Waals surface area (Å²) in [5, 5.41) is 5.34. The lowest BCUT2D eigenvalue weighted by Gasteiger charge is -2.37. The molecule has 0 atom stereocenters. The van der Waals surface area contributed by atoms with Crippen molar-refractivity contribution in [2.45, 2.75) is 31.2 Å². The number of hydrogen-bond donors (Lipinski definition) is 3. The summed E-state index contributed by atoms with van der Waals surface area (Å²) in [6, 6.07) is 6.78. The van der Waals surface area contributed by atoms with Gasteiger partial charge in [0.05, 0.1) is 0 Å². The lowest BCUT2D eigenvalue weighted by Crippen LogP contribution is -2.48. The Morgan fingerprint density at radius 1 is 1.26 bits per heavy atom. The third kappa shape index (κ3) is 3.32. The average Bonchev–Trinajstić information content (AvgIpc) is 2.36. The fourth-order valence-corrected chi connectivity index (χ4v) is 2.18. The third-order valence-electron chi connectivity index (χ3n) is 3.52. The first-order valence-corrected chi connectivity index (χ1v) is 6.43. The Bertz CT molecular complexity index is 478. The van der Waals surface area contributed by atoms with E-state index in [4.69, 9.17) is 5.73 Å². The van der Waals surface area contributed by atoms with Gasteiger partial charge < -0.3 is 16.4 Å². The molecule has 4 N–H and O–H groups in total. The van der Waals surface area contributed by atoms with Gasteiger partial charge in [-0.15, -0.1) is 0 Å². The van der Waals surface area contributed by atoms with Crippen molar-refractivity contribution in [1.82, 2.24) is 5.32 Å². The van der Waals surface area contributed by atoms with E-state index >= 15 is 0 Å². The minimum Gasteiger partial charge on any atom is -0.355 e. The second-order valence-corrected chi connectivity index (χ2v) is 5.10. The number of anilines is 1. The van der Waals surface area contributed by atoms with Crippen molar-refractivity contribution in [2.75, 3.05) is 12.4 Å². The van der Waals surface area contributed by atoms with Gasteiger partial charge in [-0.2, -0.15) is 0 Å². The molecule has 0 aromatic heterocycles. The summed E-state index contributed by atoms with van der Waals surface area (Å²) in [6.07, 6.45) is 3.28. The van der Waals surface area contributed by atoms with Gasteiger partial charge in [0.1, 0.15) is 0 Å². The van der Waals surface area contributed by atoms with Crippen molar-refractivity contribution >= 4 is 17.5 Å². The molecule has 1 aromatic carbocycles. The van der Waals surface area contributed by atoms with Crippen LogP contribution >= 0.6 is 0 Å². The number of nitrogens with two attached hydrogens (primary N) is 1. The second-order valence-electron chi connectivity index (χ2n) is 5.10. The van der Waals surface area contributed by atoms with E-state index in [1.54, 1.807) is 31.3 Å². The number of hydrogen-bond acceptors (Lipinski definition) is 3. The number of nitrogens with one attached hydrogen (secondary N) is 2. The van der Waals surface area contributed by atoms with Crippen molar-refractivity contribution in [3.05, 3.63) is 29.8 Å². The molecule has 5 nitrogen and oxygen atoms in total. The van der Waals surface area contributed by atoms with Crippen molar-refractivity contribution in [1.29, 1.82) is 0 Å². The standard InChI is InChI=1S/C14H19N3O2/c1-16-13(19)10-3-5-11(6-4-10)17-12(18)9-14(15)7-2-8-14/h3-6H,2,7-9,15H2,1H3,(H,16,19)(H,17,18). The van der Waals surface area contributed by atoms with E-state index in [1.165, 1.54) is 0 Å². The van der Waals surface area contributed by atoms with Crippen LogP contribution in [0.15, 0.2) is 24.3 Å². The zero-order valence-corrected chi connectivity index (χ0v) is 11.0. The fourth-order valence-electron chi connectivity index (χ4n) is 2.18. The van der Waals surface area contributed by atoms with Crippen LogP contribution < -0.4 is 16.4 Å². The van der Waals surface area contributed by atoms with Crippen LogP contribution in [0.3, 0.4) is 0 Å². The van der Waals surface area contributed by atoms with E-state index in [0.717, 1.165) is 19.3 Å². The van der Waals surface area contributed by atoms with E-state index in [-0.39, 0.29) is 17.4 Å². The van der Waals surface area contributed by atoms with Gasteiger partial charge in [-0.3, -0.25) is 9.59 Å². The fraction of sp³-hybridized carbons (Fsp3) is 0.429. The molecule has 102 valence electrons. The van der Waals surface area contributed by atoms with Crippen LogP contribution in [0.25, 0.3) is 0 Å². The predicted molar refractivity (Wildman–Crippen MR) is 73.8 cm³/mol. The molecule has 1 fully saturated rings. The molecule has 0 saturated heterocycles. The molecule has 1 aliphatic rings. The summed E-state index contributed by atoms with van der Waals surface area (Å²) in [7, 11) is 1.58. The number of amides is 2. The van der Waals surface area contributed by atoms with E-state index in [2.05, 4.69) is 10.6 Å². The van der Waals surface area contributed by atoms with Crippen LogP contribution in [0.2, 0.25) is 0 Å². The Balaban J connectivity index is 1.92. The zero-order valence-electron chi connectivity index (χ0n) is 11.0. The van der Waals surface area contributed by atoms with Crippen LogP contribution in [-0.4, -0.2) is 24.4 Å². The Hall–Kier alpha value is -1.88. The topological polar surface area (TPSA) is 84.2 Å². The van der Waals surface area contributed by atoms with Crippen LogP contribution in [0.1, 0.15) is 36.0 Å². The number of rotatable bonds is 4. The van der Waals surface area contributed by atoms with Crippen LogP contribution in [-0.2, 0) is 4.79 Å². The highest BCUT2D eigenvalue weighted by Gasteiger charge is 2.34. The molecule has 0 bridgehead atoms. The molecule has 1 aromatic rings. The normalized spacial score (nSPS) is 16.3. The minimum absolute atomic E-state index is 0.0742. The highest BCUT2D eigenvalue weighted by Crippen LogP contribution is 2.32. The average molecular weight is 261 g/mol. The summed E-state index contributed by atoms with van der Waals surface area (Å²) in [5.74, 6) is -0.219. The Morgan fingerprint density at radius 2 is 1.89 bits per heavy atom. The lowest BCUT2D eigenvalue weighted by molar-refractivity contribution is -0.118. The molecule has 0 aliphatic heterocycles. The summed E-state index contributed by atoms with van der Waals surface area (Å²) in [4.78, 5) is 23.2. The van der Waals surface area contributed by atoms with Gasteiger partial charge in [-0.05, 0) is 43.5 Å². The molecular formula is C14H19N3O2. The Labute approximate surface area is 112 Å². The van der Waals surface area contributed by atoms with Crippen LogP contribution in [0.4, 0.5) is 5.69 Å². The first kappa shape index (κ1) is 13.5. The van der Waals surface area contributed by atoms with Gasteiger partial charge >= 0.3 is 0 Å². The van der Waals surface area contributed by atoms with Crippen molar-refractivity contribution < 1.29 is 9.59 Å². The number of benzene rings is 1. The quantitative estimate of drug-likeness (QED) is 0.762. The highest BCUT2D eigenvalue weighted by molar-refractivity contribution is 5.95. The zero-order chi connectivity index (χ0) is 13.9. The third-order valence-corrected chi connectivity index (χ3v) is 3.52. The predicted octanol–water partition coefficient (Wildman–Crippen LogP) is 1.26. The van der Waals surface area contributed by atoms with E-state index in [1.807, 2.05) is 0 Å². The first-order chi connectivity index (χ1) is 9.02. The van der Waals surface area contributed by atoms with Crippen molar-refractivity contribution in [3.8, 4) is 0 Å². The second kappa shape index (κ2) is 5.40.